The Kier molecular flexibility index (Phi) is 5.38. The predicted molar refractivity (Wildman–Crippen MR) is 121 cm³/mol. The number of fused-ring (bicyclic) bond motifs is 1. The molecular weight excluding hydrogens is 428 g/mol. The van der Waals surface area contributed by atoms with E-state index in [1.165, 1.54) is 17.1 Å². The Labute approximate surface area is 187 Å². The number of hydrogen-bond acceptors (Lipinski definition) is 7. The van der Waals surface area contributed by atoms with Crippen LogP contribution < -0.4 is 0 Å². The topological polar surface area (TPSA) is 97.4 Å². The van der Waals surface area contributed by atoms with Gasteiger partial charge >= 0.3 is 0 Å². The number of para-hydroxylation sites is 1. The highest BCUT2D eigenvalue weighted by molar-refractivity contribution is 7.18. The molecule has 1 aliphatic rings. The minimum atomic E-state index is -0.470. The number of amides is 1. The van der Waals surface area contributed by atoms with Crippen LogP contribution in [0.1, 0.15) is 15.4 Å². The first-order valence-electron chi connectivity index (χ1n) is 10.2. The largest absolute Gasteiger partial charge is 0.336 e. The van der Waals surface area contributed by atoms with Gasteiger partial charge in [0.2, 0.25) is 0 Å². The smallest absolute Gasteiger partial charge is 0.294 e. The fraction of sp³-hybridized carbons (Fsp3) is 0.227. The molecule has 4 aromatic rings. The summed E-state index contributed by atoms with van der Waals surface area (Å²) in [4.78, 5) is 36.8. The van der Waals surface area contributed by atoms with Crippen molar-refractivity contribution >= 4 is 33.1 Å². The summed E-state index contributed by atoms with van der Waals surface area (Å²) >= 11 is 1.70. The van der Waals surface area contributed by atoms with Crippen LogP contribution in [0.4, 0.5) is 5.69 Å². The Morgan fingerprint density at radius 2 is 1.94 bits per heavy atom. The summed E-state index contributed by atoms with van der Waals surface area (Å²) in [5, 5.41) is 12.7. The SMILES string of the molecule is O=C(c1ccc(-n2ccnc2)c([N+](=O)[O-])c1)N1CCN(Cc2nc3ccccc3s2)CC1. The Bertz CT molecular complexity index is 1250. The second-order valence-electron chi connectivity index (χ2n) is 7.57. The van der Waals surface area contributed by atoms with E-state index in [1.807, 2.05) is 18.2 Å². The highest BCUT2D eigenvalue weighted by Gasteiger charge is 2.25. The summed E-state index contributed by atoms with van der Waals surface area (Å²) in [6.07, 6.45) is 4.68. The van der Waals surface area contributed by atoms with Crippen LogP contribution in [0.15, 0.2) is 61.2 Å². The highest BCUT2D eigenvalue weighted by atomic mass is 32.1. The molecule has 3 heterocycles. The van der Waals surface area contributed by atoms with Crippen molar-refractivity contribution in [2.24, 2.45) is 0 Å². The van der Waals surface area contributed by atoms with Crippen LogP contribution in [0.25, 0.3) is 15.9 Å². The van der Waals surface area contributed by atoms with Crippen molar-refractivity contribution in [2.75, 3.05) is 26.2 Å². The lowest BCUT2D eigenvalue weighted by molar-refractivity contribution is -0.384. The maximum Gasteiger partial charge on any atom is 0.294 e. The molecule has 0 bridgehead atoms. The van der Waals surface area contributed by atoms with E-state index < -0.39 is 4.92 Å². The van der Waals surface area contributed by atoms with Crippen molar-refractivity contribution in [3.8, 4) is 5.69 Å². The zero-order chi connectivity index (χ0) is 22.1. The van der Waals surface area contributed by atoms with Gasteiger partial charge in [-0.15, -0.1) is 11.3 Å². The number of nitrogens with zero attached hydrogens (tertiary/aromatic N) is 6. The third-order valence-corrected chi connectivity index (χ3v) is 6.58. The van der Waals surface area contributed by atoms with Gasteiger partial charge in [0.25, 0.3) is 11.6 Å². The lowest BCUT2D eigenvalue weighted by Gasteiger charge is -2.34. The number of nitro benzene ring substituents is 1. The van der Waals surface area contributed by atoms with Gasteiger partial charge < -0.3 is 9.47 Å². The zero-order valence-corrected chi connectivity index (χ0v) is 17.9. The van der Waals surface area contributed by atoms with Gasteiger partial charge in [0, 0.05) is 50.2 Å². The monoisotopic (exact) mass is 448 g/mol. The third kappa shape index (κ3) is 3.97. The third-order valence-electron chi connectivity index (χ3n) is 5.56. The van der Waals surface area contributed by atoms with Crippen LogP contribution in [0, 0.1) is 10.1 Å². The van der Waals surface area contributed by atoms with Crippen LogP contribution in [0.5, 0.6) is 0 Å². The van der Waals surface area contributed by atoms with Crippen molar-refractivity contribution in [1.29, 1.82) is 0 Å². The number of hydrogen-bond donors (Lipinski definition) is 0. The predicted octanol–water partition coefficient (Wildman–Crippen LogP) is 3.35. The minimum absolute atomic E-state index is 0.122. The van der Waals surface area contributed by atoms with Crippen molar-refractivity contribution < 1.29 is 9.72 Å². The molecule has 0 unspecified atom stereocenters. The molecule has 2 aromatic carbocycles. The van der Waals surface area contributed by atoms with Crippen LogP contribution in [0.2, 0.25) is 0 Å². The lowest BCUT2D eigenvalue weighted by atomic mass is 10.1. The average Bonchev–Trinajstić information content (AvgIpc) is 3.48. The standard InChI is InChI=1S/C22H20N6O3S/c29-22(16-5-6-18(19(13-16)28(30)31)27-8-7-23-15-27)26-11-9-25(10-12-26)14-21-24-17-3-1-2-4-20(17)32-21/h1-8,13,15H,9-12,14H2. The highest BCUT2D eigenvalue weighted by Crippen LogP contribution is 2.26. The molecule has 0 radical (unpaired) electrons. The van der Waals surface area contributed by atoms with Gasteiger partial charge in [-0.25, -0.2) is 9.97 Å². The molecule has 0 atom stereocenters. The molecule has 10 heteroatoms. The molecule has 162 valence electrons. The molecule has 0 N–H and O–H groups in total. The number of imidazole rings is 1. The van der Waals surface area contributed by atoms with Crippen LogP contribution >= 0.6 is 11.3 Å². The summed E-state index contributed by atoms with van der Waals surface area (Å²) in [5.74, 6) is -0.190. The first-order chi connectivity index (χ1) is 15.6. The minimum Gasteiger partial charge on any atom is -0.336 e. The second kappa shape index (κ2) is 8.48. The van der Waals surface area contributed by atoms with E-state index in [0.717, 1.165) is 30.2 Å². The van der Waals surface area contributed by atoms with Crippen molar-refractivity contribution in [2.45, 2.75) is 6.54 Å². The zero-order valence-electron chi connectivity index (χ0n) is 17.1. The van der Waals surface area contributed by atoms with Crippen molar-refractivity contribution in [3.63, 3.8) is 0 Å². The van der Waals surface area contributed by atoms with Crippen LogP contribution in [0.3, 0.4) is 0 Å². The maximum absolute atomic E-state index is 13.0. The van der Waals surface area contributed by atoms with E-state index in [0.29, 0.717) is 24.3 Å². The summed E-state index contributed by atoms with van der Waals surface area (Å²) in [6, 6.07) is 12.7. The maximum atomic E-state index is 13.0. The fourth-order valence-corrected chi connectivity index (χ4v) is 4.90. The van der Waals surface area contributed by atoms with Crippen molar-refractivity contribution in [3.05, 3.63) is 81.9 Å². The molecule has 0 spiro atoms. The van der Waals surface area contributed by atoms with E-state index in [1.54, 1.807) is 45.3 Å². The first-order valence-corrected chi connectivity index (χ1v) is 11.0. The number of carbonyl (C=O) groups is 1. The Hall–Kier alpha value is -3.63. The summed E-state index contributed by atoms with van der Waals surface area (Å²) in [6.45, 7) is 3.36. The van der Waals surface area contributed by atoms with Crippen LogP contribution in [-0.4, -0.2) is 61.3 Å². The van der Waals surface area contributed by atoms with Gasteiger partial charge in [0.05, 0.1) is 28.0 Å². The molecule has 1 saturated heterocycles. The van der Waals surface area contributed by atoms with Gasteiger partial charge in [-0.05, 0) is 24.3 Å². The molecule has 0 saturated carbocycles. The molecule has 0 aliphatic carbocycles. The van der Waals surface area contributed by atoms with E-state index >= 15 is 0 Å². The van der Waals surface area contributed by atoms with E-state index in [4.69, 9.17) is 4.98 Å². The van der Waals surface area contributed by atoms with Crippen LogP contribution in [-0.2, 0) is 6.54 Å². The Morgan fingerprint density at radius 1 is 1.12 bits per heavy atom. The molecule has 2 aromatic heterocycles. The van der Waals surface area contributed by atoms with Gasteiger partial charge in [-0.2, -0.15) is 0 Å². The number of piperazine rings is 1. The molecule has 5 rings (SSSR count). The van der Waals surface area contributed by atoms with E-state index in [9.17, 15) is 14.9 Å². The summed E-state index contributed by atoms with van der Waals surface area (Å²) in [7, 11) is 0. The normalized spacial score (nSPS) is 14.7. The van der Waals surface area contributed by atoms with Gasteiger partial charge in [0.15, 0.2) is 0 Å². The summed E-state index contributed by atoms with van der Waals surface area (Å²) < 4.78 is 2.74. The molecule has 9 nitrogen and oxygen atoms in total. The summed E-state index contributed by atoms with van der Waals surface area (Å²) in [5.41, 5.74) is 1.59. The number of carbonyl (C=O) groups excluding carboxylic acids is 1. The number of rotatable bonds is 5. The lowest BCUT2D eigenvalue weighted by Crippen LogP contribution is -2.48. The van der Waals surface area contributed by atoms with E-state index in [-0.39, 0.29) is 11.6 Å². The molecular formula is C22H20N6O3S. The molecule has 1 fully saturated rings. The van der Waals surface area contributed by atoms with E-state index in [2.05, 4.69) is 16.0 Å². The van der Waals surface area contributed by atoms with Gasteiger partial charge in [-0.1, -0.05) is 12.1 Å². The Morgan fingerprint density at radius 3 is 2.66 bits per heavy atom. The Balaban J connectivity index is 1.26. The fourth-order valence-electron chi connectivity index (χ4n) is 3.89. The number of aromatic nitrogens is 3. The van der Waals surface area contributed by atoms with Crippen molar-refractivity contribution in [1.82, 2.24) is 24.3 Å². The second-order valence-corrected chi connectivity index (χ2v) is 8.69. The number of benzene rings is 2. The molecule has 1 aliphatic heterocycles. The first kappa shape index (κ1) is 20.3. The van der Waals surface area contributed by atoms with Gasteiger partial charge in [0.1, 0.15) is 10.7 Å². The van der Waals surface area contributed by atoms with Gasteiger partial charge in [-0.3, -0.25) is 19.8 Å². The number of thiazole rings is 1. The average molecular weight is 449 g/mol. The molecule has 32 heavy (non-hydrogen) atoms. The number of nitro groups is 1. The quantitative estimate of drug-likeness (QED) is 0.343. The molecule has 1 amide bonds.